The van der Waals surface area contributed by atoms with E-state index in [4.69, 9.17) is 5.73 Å². The maximum Gasteiger partial charge on any atom is 0.0955 e. The first kappa shape index (κ1) is 11.0. The fourth-order valence-electron chi connectivity index (χ4n) is 2.09. The quantitative estimate of drug-likeness (QED) is 0.729. The first-order valence-electron chi connectivity index (χ1n) is 5.94. The van der Waals surface area contributed by atoms with Crippen molar-refractivity contribution in [1.29, 1.82) is 0 Å². The Morgan fingerprint density at radius 2 is 2.22 bits per heavy atom. The normalized spacial score (nSPS) is 11.2. The van der Waals surface area contributed by atoms with Gasteiger partial charge in [-0.15, -0.1) is 0 Å². The topological polar surface area (TPSA) is 72.5 Å². The standard InChI is InChI=1S/C13H15N5/c1-18-8-15-12-6-9(2-3-13(12)18)11-7-10(4-5-14)16-17-11/h2-3,6-8H,4-5,14H2,1H3,(H,16,17). The van der Waals surface area contributed by atoms with E-state index in [0.717, 1.165) is 34.4 Å². The lowest BCUT2D eigenvalue weighted by Crippen LogP contribution is -2.02. The minimum Gasteiger partial charge on any atom is -0.334 e. The Kier molecular flexibility index (Phi) is 2.60. The van der Waals surface area contributed by atoms with Crippen LogP contribution in [0.5, 0.6) is 0 Å². The summed E-state index contributed by atoms with van der Waals surface area (Å²) in [6.45, 7) is 0.626. The van der Waals surface area contributed by atoms with Crippen molar-refractivity contribution >= 4 is 11.0 Å². The molecule has 3 rings (SSSR count). The van der Waals surface area contributed by atoms with Crippen LogP contribution < -0.4 is 5.73 Å². The third-order valence-electron chi connectivity index (χ3n) is 3.07. The van der Waals surface area contributed by atoms with Crippen LogP contribution in [0, 0.1) is 0 Å². The van der Waals surface area contributed by atoms with Crippen molar-refractivity contribution in [3.8, 4) is 11.3 Å². The highest BCUT2D eigenvalue weighted by atomic mass is 15.1. The second-order valence-corrected chi connectivity index (χ2v) is 4.38. The van der Waals surface area contributed by atoms with Gasteiger partial charge in [0, 0.05) is 24.7 Å². The van der Waals surface area contributed by atoms with Gasteiger partial charge < -0.3 is 10.3 Å². The summed E-state index contributed by atoms with van der Waals surface area (Å²) in [7, 11) is 1.99. The maximum atomic E-state index is 5.53. The smallest absolute Gasteiger partial charge is 0.0955 e. The van der Waals surface area contributed by atoms with Gasteiger partial charge in [0.15, 0.2) is 0 Å². The summed E-state index contributed by atoms with van der Waals surface area (Å²) >= 11 is 0. The molecule has 0 aliphatic rings. The molecule has 92 valence electrons. The molecule has 0 amide bonds. The second-order valence-electron chi connectivity index (χ2n) is 4.38. The summed E-state index contributed by atoms with van der Waals surface area (Å²) in [5.74, 6) is 0. The van der Waals surface area contributed by atoms with Crippen LogP contribution >= 0.6 is 0 Å². The summed E-state index contributed by atoms with van der Waals surface area (Å²) in [5, 5.41) is 7.31. The molecule has 18 heavy (non-hydrogen) atoms. The molecule has 0 fully saturated rings. The number of imidazole rings is 1. The number of hydrogen-bond acceptors (Lipinski definition) is 3. The van der Waals surface area contributed by atoms with Crippen LogP contribution in [-0.4, -0.2) is 26.3 Å². The number of aromatic amines is 1. The molecule has 2 heterocycles. The molecule has 0 saturated carbocycles. The van der Waals surface area contributed by atoms with Crippen LogP contribution in [0.4, 0.5) is 0 Å². The molecule has 0 aliphatic carbocycles. The summed E-state index contributed by atoms with van der Waals surface area (Å²) in [6, 6.07) is 8.22. The molecular weight excluding hydrogens is 226 g/mol. The number of hydrogen-bond donors (Lipinski definition) is 2. The zero-order valence-electron chi connectivity index (χ0n) is 10.2. The van der Waals surface area contributed by atoms with Crippen molar-refractivity contribution in [3.63, 3.8) is 0 Å². The Morgan fingerprint density at radius 3 is 3.06 bits per heavy atom. The summed E-state index contributed by atoms with van der Waals surface area (Å²) in [5.41, 5.74) is 10.7. The van der Waals surface area contributed by atoms with Gasteiger partial charge in [-0.1, -0.05) is 6.07 Å². The largest absolute Gasteiger partial charge is 0.334 e. The molecule has 5 nitrogen and oxygen atoms in total. The minimum absolute atomic E-state index is 0.626. The third kappa shape index (κ3) is 1.78. The van der Waals surface area contributed by atoms with Crippen LogP contribution in [-0.2, 0) is 13.5 Å². The summed E-state index contributed by atoms with van der Waals surface area (Å²) < 4.78 is 2.00. The minimum atomic E-state index is 0.626. The number of rotatable bonds is 3. The number of aromatic nitrogens is 4. The molecule has 0 unspecified atom stereocenters. The first-order chi connectivity index (χ1) is 8.78. The van der Waals surface area contributed by atoms with Crippen molar-refractivity contribution in [2.75, 3.05) is 6.54 Å². The number of aryl methyl sites for hydroxylation is 1. The highest BCUT2D eigenvalue weighted by Crippen LogP contribution is 2.22. The molecule has 5 heteroatoms. The summed E-state index contributed by atoms with van der Waals surface area (Å²) in [6.07, 6.45) is 2.64. The zero-order valence-corrected chi connectivity index (χ0v) is 10.2. The molecule has 0 aliphatic heterocycles. The van der Waals surface area contributed by atoms with Crippen molar-refractivity contribution in [3.05, 3.63) is 36.3 Å². The molecule has 1 aromatic carbocycles. The molecule has 0 bridgehead atoms. The Bertz CT molecular complexity index is 680. The lowest BCUT2D eigenvalue weighted by atomic mass is 10.1. The highest BCUT2D eigenvalue weighted by molar-refractivity contribution is 5.81. The van der Waals surface area contributed by atoms with Crippen molar-refractivity contribution in [1.82, 2.24) is 19.7 Å². The van der Waals surface area contributed by atoms with Gasteiger partial charge in [0.25, 0.3) is 0 Å². The fourth-order valence-corrected chi connectivity index (χ4v) is 2.09. The van der Waals surface area contributed by atoms with E-state index in [1.54, 1.807) is 0 Å². The molecule has 3 N–H and O–H groups in total. The van der Waals surface area contributed by atoms with Crippen LogP contribution in [0.25, 0.3) is 22.3 Å². The average Bonchev–Trinajstić information content (AvgIpc) is 2.97. The van der Waals surface area contributed by atoms with E-state index in [9.17, 15) is 0 Å². The Balaban J connectivity index is 2.02. The van der Waals surface area contributed by atoms with Crippen LogP contribution in [0.3, 0.4) is 0 Å². The van der Waals surface area contributed by atoms with Gasteiger partial charge >= 0.3 is 0 Å². The number of benzene rings is 1. The molecular formula is C13H15N5. The maximum absolute atomic E-state index is 5.53. The van der Waals surface area contributed by atoms with E-state index in [-0.39, 0.29) is 0 Å². The predicted octanol–water partition coefficient (Wildman–Crippen LogP) is 1.46. The Hall–Kier alpha value is -2.14. The number of nitrogens with two attached hydrogens (primary N) is 1. The molecule has 3 aromatic rings. The van der Waals surface area contributed by atoms with Gasteiger partial charge in [0.1, 0.15) is 0 Å². The van der Waals surface area contributed by atoms with E-state index in [1.807, 2.05) is 24.0 Å². The second kappa shape index (κ2) is 4.27. The lowest BCUT2D eigenvalue weighted by Gasteiger charge is -1.97. The van der Waals surface area contributed by atoms with Gasteiger partial charge in [-0.2, -0.15) is 5.10 Å². The third-order valence-corrected chi connectivity index (χ3v) is 3.07. The zero-order chi connectivity index (χ0) is 12.5. The number of fused-ring (bicyclic) bond motifs is 1. The monoisotopic (exact) mass is 241 g/mol. The molecule has 0 atom stereocenters. The number of nitrogens with zero attached hydrogens (tertiary/aromatic N) is 3. The number of H-pyrrole nitrogens is 1. The van der Waals surface area contributed by atoms with Gasteiger partial charge in [-0.25, -0.2) is 4.98 Å². The van der Waals surface area contributed by atoms with Crippen LogP contribution in [0.15, 0.2) is 30.6 Å². The van der Waals surface area contributed by atoms with Crippen LogP contribution in [0.2, 0.25) is 0 Å². The number of nitrogens with one attached hydrogen (secondary N) is 1. The lowest BCUT2D eigenvalue weighted by molar-refractivity contribution is 0.902. The van der Waals surface area contributed by atoms with Gasteiger partial charge in [0.05, 0.1) is 23.1 Å². The molecule has 0 spiro atoms. The van der Waals surface area contributed by atoms with E-state index in [0.29, 0.717) is 6.54 Å². The van der Waals surface area contributed by atoms with Gasteiger partial charge in [-0.3, -0.25) is 5.10 Å². The Labute approximate surface area is 105 Å². The average molecular weight is 241 g/mol. The fraction of sp³-hybridized carbons (Fsp3) is 0.231. The SMILES string of the molecule is Cn1cnc2cc(-c3cc(CCN)[nH]n3)ccc21. The van der Waals surface area contributed by atoms with Crippen molar-refractivity contribution in [2.24, 2.45) is 12.8 Å². The van der Waals surface area contributed by atoms with E-state index >= 15 is 0 Å². The van der Waals surface area contributed by atoms with Crippen molar-refractivity contribution < 1.29 is 0 Å². The van der Waals surface area contributed by atoms with Gasteiger partial charge in [0.2, 0.25) is 0 Å². The van der Waals surface area contributed by atoms with E-state index in [2.05, 4.69) is 33.4 Å². The summed E-state index contributed by atoms with van der Waals surface area (Å²) in [4.78, 5) is 4.35. The Morgan fingerprint density at radius 1 is 1.33 bits per heavy atom. The van der Waals surface area contributed by atoms with Crippen molar-refractivity contribution in [2.45, 2.75) is 6.42 Å². The molecule has 2 aromatic heterocycles. The van der Waals surface area contributed by atoms with Crippen LogP contribution in [0.1, 0.15) is 5.69 Å². The van der Waals surface area contributed by atoms with Gasteiger partial charge in [-0.05, 0) is 24.7 Å². The molecule has 0 saturated heterocycles. The molecule has 0 radical (unpaired) electrons. The van der Waals surface area contributed by atoms with E-state index < -0.39 is 0 Å². The first-order valence-corrected chi connectivity index (χ1v) is 5.94. The predicted molar refractivity (Wildman–Crippen MR) is 71.1 cm³/mol. The van der Waals surface area contributed by atoms with E-state index in [1.165, 1.54) is 0 Å². The highest BCUT2D eigenvalue weighted by Gasteiger charge is 2.06.